The van der Waals surface area contributed by atoms with Gasteiger partial charge in [0.2, 0.25) is 0 Å². The zero-order chi connectivity index (χ0) is 12.7. The molecule has 0 saturated heterocycles. The van der Waals surface area contributed by atoms with Gasteiger partial charge in [0.1, 0.15) is 18.1 Å². The van der Waals surface area contributed by atoms with Crippen molar-refractivity contribution in [2.75, 3.05) is 20.8 Å². The first kappa shape index (κ1) is 13.3. The number of benzene rings is 1. The van der Waals surface area contributed by atoms with Crippen LogP contribution in [0.1, 0.15) is 6.42 Å². The van der Waals surface area contributed by atoms with E-state index in [-0.39, 0.29) is 25.0 Å². The minimum atomic E-state index is -0.371. The van der Waals surface area contributed by atoms with Gasteiger partial charge in [-0.25, -0.2) is 0 Å². The van der Waals surface area contributed by atoms with Gasteiger partial charge < -0.3 is 19.9 Å². The quantitative estimate of drug-likeness (QED) is 0.749. The minimum absolute atomic E-state index is 0.145. The standard InChI is InChI=1S/C12H17NO4/c1-15-10-3-5-11(6-4-10)17-8-9(13)7-12(14)16-2/h3-6,9H,7-8,13H2,1-2H3. The second-order valence-electron chi connectivity index (χ2n) is 3.53. The number of methoxy groups -OCH3 is 2. The van der Waals surface area contributed by atoms with Gasteiger partial charge in [-0.05, 0) is 24.3 Å². The number of carbonyl (C=O) groups excluding carboxylic acids is 1. The molecule has 1 aromatic rings. The monoisotopic (exact) mass is 239 g/mol. The van der Waals surface area contributed by atoms with E-state index >= 15 is 0 Å². The fraction of sp³-hybridized carbons (Fsp3) is 0.417. The summed E-state index contributed by atoms with van der Waals surface area (Å²) in [5.41, 5.74) is 5.70. The molecule has 2 N–H and O–H groups in total. The molecular formula is C12H17NO4. The van der Waals surface area contributed by atoms with Gasteiger partial charge in [0.25, 0.3) is 0 Å². The summed E-state index contributed by atoms with van der Waals surface area (Å²) in [6.45, 7) is 0.265. The molecule has 1 atom stereocenters. The summed E-state index contributed by atoms with van der Waals surface area (Å²) in [5, 5.41) is 0. The molecule has 1 unspecified atom stereocenters. The third kappa shape index (κ3) is 4.74. The summed E-state index contributed by atoms with van der Waals surface area (Å²) < 4.78 is 15.0. The molecule has 1 aromatic carbocycles. The molecule has 0 aliphatic rings. The Morgan fingerprint density at radius 2 is 1.82 bits per heavy atom. The van der Waals surface area contributed by atoms with Gasteiger partial charge in [-0.1, -0.05) is 0 Å². The number of ether oxygens (including phenoxy) is 3. The van der Waals surface area contributed by atoms with Crippen LogP contribution in [0.5, 0.6) is 11.5 Å². The van der Waals surface area contributed by atoms with Gasteiger partial charge in [0.15, 0.2) is 0 Å². The Hall–Kier alpha value is -1.75. The number of rotatable bonds is 6. The average Bonchev–Trinajstić information content (AvgIpc) is 2.36. The van der Waals surface area contributed by atoms with Gasteiger partial charge in [-0.15, -0.1) is 0 Å². The SMILES string of the molecule is COC(=O)CC(N)COc1ccc(OC)cc1. The van der Waals surface area contributed by atoms with Crippen molar-refractivity contribution in [2.24, 2.45) is 5.73 Å². The maximum Gasteiger partial charge on any atom is 0.307 e. The third-order valence-corrected chi connectivity index (χ3v) is 2.18. The van der Waals surface area contributed by atoms with Gasteiger partial charge >= 0.3 is 5.97 Å². The number of nitrogens with two attached hydrogens (primary N) is 1. The molecular weight excluding hydrogens is 222 g/mol. The van der Waals surface area contributed by atoms with Crippen LogP contribution in [-0.2, 0) is 9.53 Å². The number of esters is 1. The lowest BCUT2D eigenvalue weighted by Gasteiger charge is -2.12. The Morgan fingerprint density at radius 1 is 1.24 bits per heavy atom. The lowest BCUT2D eigenvalue weighted by molar-refractivity contribution is -0.141. The van der Waals surface area contributed by atoms with Crippen molar-refractivity contribution >= 4 is 5.97 Å². The van der Waals surface area contributed by atoms with Crippen LogP contribution in [0.25, 0.3) is 0 Å². The van der Waals surface area contributed by atoms with Crippen molar-refractivity contribution in [3.63, 3.8) is 0 Å². The first-order valence-corrected chi connectivity index (χ1v) is 5.25. The maximum atomic E-state index is 10.9. The summed E-state index contributed by atoms with van der Waals surface area (Å²) >= 11 is 0. The summed E-state index contributed by atoms with van der Waals surface area (Å²) in [6, 6.07) is 6.78. The first-order valence-electron chi connectivity index (χ1n) is 5.25. The molecule has 0 aliphatic heterocycles. The molecule has 0 amide bonds. The Morgan fingerprint density at radius 3 is 2.35 bits per heavy atom. The van der Waals surface area contributed by atoms with Gasteiger partial charge in [0, 0.05) is 6.04 Å². The molecule has 0 radical (unpaired) electrons. The molecule has 0 aliphatic carbocycles. The molecule has 0 bridgehead atoms. The van der Waals surface area contributed by atoms with Gasteiger partial charge in [-0.3, -0.25) is 4.79 Å². The van der Waals surface area contributed by atoms with E-state index in [9.17, 15) is 4.79 Å². The van der Waals surface area contributed by atoms with Crippen LogP contribution in [0.2, 0.25) is 0 Å². The zero-order valence-corrected chi connectivity index (χ0v) is 10.0. The number of carbonyl (C=O) groups is 1. The summed E-state index contributed by atoms with van der Waals surface area (Å²) in [5.74, 6) is 1.11. The highest BCUT2D eigenvalue weighted by atomic mass is 16.5. The fourth-order valence-electron chi connectivity index (χ4n) is 1.23. The van der Waals surface area contributed by atoms with Crippen molar-refractivity contribution in [3.05, 3.63) is 24.3 Å². The van der Waals surface area contributed by atoms with Crippen molar-refractivity contribution in [2.45, 2.75) is 12.5 Å². The summed E-state index contributed by atoms with van der Waals surface area (Å²) in [7, 11) is 2.93. The predicted molar refractivity (Wildman–Crippen MR) is 63.1 cm³/mol. The molecule has 0 aromatic heterocycles. The maximum absolute atomic E-state index is 10.9. The van der Waals surface area contributed by atoms with Gasteiger partial charge in [0.05, 0.1) is 20.6 Å². The van der Waals surface area contributed by atoms with E-state index in [4.69, 9.17) is 15.2 Å². The molecule has 5 heteroatoms. The Kier molecular flexibility index (Phi) is 5.29. The van der Waals surface area contributed by atoms with Crippen LogP contribution in [0, 0.1) is 0 Å². The Bertz CT molecular complexity index is 350. The Labute approximate surface area is 100 Å². The highest BCUT2D eigenvalue weighted by Crippen LogP contribution is 2.17. The lowest BCUT2D eigenvalue weighted by atomic mass is 10.2. The molecule has 1 rings (SSSR count). The predicted octanol–water partition coefficient (Wildman–Crippen LogP) is 0.964. The van der Waals surface area contributed by atoms with E-state index in [1.807, 2.05) is 0 Å². The average molecular weight is 239 g/mol. The highest BCUT2D eigenvalue weighted by molar-refractivity contribution is 5.69. The molecule has 0 heterocycles. The second-order valence-corrected chi connectivity index (χ2v) is 3.53. The van der Waals surface area contributed by atoms with Crippen LogP contribution in [0.3, 0.4) is 0 Å². The highest BCUT2D eigenvalue weighted by Gasteiger charge is 2.10. The van der Waals surface area contributed by atoms with Gasteiger partial charge in [-0.2, -0.15) is 0 Å². The summed E-state index contributed by atoms with van der Waals surface area (Å²) in [6.07, 6.45) is 0.145. The van der Waals surface area contributed by atoms with Crippen molar-refractivity contribution < 1.29 is 19.0 Å². The van der Waals surface area contributed by atoms with Crippen molar-refractivity contribution in [1.82, 2.24) is 0 Å². The lowest BCUT2D eigenvalue weighted by Crippen LogP contribution is -2.30. The van der Waals surface area contributed by atoms with E-state index in [2.05, 4.69) is 4.74 Å². The topological polar surface area (TPSA) is 70.8 Å². The molecule has 17 heavy (non-hydrogen) atoms. The smallest absolute Gasteiger partial charge is 0.307 e. The zero-order valence-electron chi connectivity index (χ0n) is 10.0. The van der Waals surface area contributed by atoms with Crippen molar-refractivity contribution in [3.8, 4) is 11.5 Å². The first-order chi connectivity index (χ1) is 8.15. The number of hydrogen-bond donors (Lipinski definition) is 1. The molecule has 5 nitrogen and oxygen atoms in total. The van der Waals surface area contributed by atoms with E-state index in [1.165, 1.54) is 7.11 Å². The normalized spacial score (nSPS) is 11.7. The van der Waals surface area contributed by atoms with Crippen LogP contribution < -0.4 is 15.2 Å². The fourth-order valence-corrected chi connectivity index (χ4v) is 1.23. The second kappa shape index (κ2) is 6.75. The van der Waals surface area contributed by atoms with Crippen LogP contribution in [0.15, 0.2) is 24.3 Å². The minimum Gasteiger partial charge on any atom is -0.497 e. The van der Waals surface area contributed by atoms with E-state index < -0.39 is 0 Å². The van der Waals surface area contributed by atoms with Crippen LogP contribution in [-0.4, -0.2) is 32.8 Å². The molecule has 0 spiro atoms. The molecule has 0 fully saturated rings. The largest absolute Gasteiger partial charge is 0.497 e. The molecule has 94 valence electrons. The van der Waals surface area contributed by atoms with Crippen molar-refractivity contribution in [1.29, 1.82) is 0 Å². The van der Waals surface area contributed by atoms with E-state index in [0.29, 0.717) is 5.75 Å². The third-order valence-electron chi connectivity index (χ3n) is 2.18. The Balaban J connectivity index is 2.36. The van der Waals surface area contributed by atoms with Crippen LogP contribution >= 0.6 is 0 Å². The number of hydrogen-bond acceptors (Lipinski definition) is 5. The van der Waals surface area contributed by atoms with E-state index in [1.54, 1.807) is 31.4 Å². The summed E-state index contributed by atoms with van der Waals surface area (Å²) in [4.78, 5) is 10.9. The molecule has 0 saturated carbocycles. The van der Waals surface area contributed by atoms with Crippen LogP contribution in [0.4, 0.5) is 0 Å². The van der Waals surface area contributed by atoms with E-state index in [0.717, 1.165) is 5.75 Å².